The Kier molecular flexibility index (Phi) is 4.68. The molecule has 176 valence electrons. The first-order chi connectivity index (χ1) is 16.4. The Morgan fingerprint density at radius 1 is 1.29 bits per heavy atom. The van der Waals surface area contributed by atoms with E-state index in [9.17, 15) is 14.4 Å². The van der Waals surface area contributed by atoms with Crippen LogP contribution in [0.15, 0.2) is 18.3 Å². The lowest BCUT2D eigenvalue weighted by molar-refractivity contribution is -0.119. The third-order valence-electron chi connectivity index (χ3n) is 7.73. The molecule has 1 aliphatic carbocycles. The Morgan fingerprint density at radius 2 is 2.12 bits per heavy atom. The van der Waals surface area contributed by atoms with Crippen molar-refractivity contribution in [1.82, 2.24) is 24.3 Å². The second kappa shape index (κ2) is 7.53. The van der Waals surface area contributed by atoms with E-state index < -0.39 is 5.82 Å². The van der Waals surface area contributed by atoms with Gasteiger partial charge < -0.3 is 10.6 Å². The molecular weight excluding hydrogens is 435 g/mol. The minimum Gasteiger partial charge on any atom is -0.369 e. The molecular formula is C24H27FN8O. The van der Waals surface area contributed by atoms with Gasteiger partial charge in [-0.2, -0.15) is 15.5 Å². The Balaban J connectivity index is 1.30. The van der Waals surface area contributed by atoms with Crippen LogP contribution in [-0.2, 0) is 24.3 Å². The molecule has 9 nitrogen and oxygen atoms in total. The molecule has 1 fully saturated rings. The summed E-state index contributed by atoms with van der Waals surface area (Å²) in [5, 5.41) is 18.4. The molecule has 1 amide bonds. The average molecular weight is 463 g/mol. The number of nitrogens with zero attached hydrogens (tertiary/aromatic N) is 7. The number of carbonyl (C=O) groups is 1. The second-order valence-corrected chi connectivity index (χ2v) is 10.0. The molecule has 3 aromatic rings. The van der Waals surface area contributed by atoms with E-state index in [-0.39, 0.29) is 17.9 Å². The van der Waals surface area contributed by atoms with Crippen LogP contribution in [0.2, 0.25) is 0 Å². The Bertz CT molecular complexity index is 1350. The van der Waals surface area contributed by atoms with Crippen molar-refractivity contribution in [3.05, 3.63) is 46.8 Å². The molecule has 6 rings (SSSR count). The van der Waals surface area contributed by atoms with Gasteiger partial charge in [0.15, 0.2) is 5.82 Å². The van der Waals surface area contributed by atoms with Crippen molar-refractivity contribution >= 4 is 17.1 Å². The standard InChI is InChI=1S/C24H27FN8O/c1-13-5-18-20(11-30(13)10-15-6-17(15)24(27)34)29-32-14(2)9-31(12-22(18)32)21-4-3-16(7-26)33-23(21)19(25)8-28-33/h3-4,8,13-15,17H,5-6,9-12H2,1-2H3,(H2,27,34)/t13-,14+,15?,17?/m0/s1. The molecule has 5 heterocycles. The van der Waals surface area contributed by atoms with Gasteiger partial charge in [0.05, 0.1) is 35.9 Å². The number of amides is 1. The largest absolute Gasteiger partial charge is 0.369 e. The summed E-state index contributed by atoms with van der Waals surface area (Å²) in [5.41, 5.74) is 10.4. The fraction of sp³-hybridized carbons (Fsp3) is 0.500. The highest BCUT2D eigenvalue weighted by Crippen LogP contribution is 2.41. The number of hydrogen-bond donors (Lipinski definition) is 1. The van der Waals surface area contributed by atoms with Crippen LogP contribution in [-0.4, -0.2) is 49.3 Å². The molecule has 1 saturated carbocycles. The highest BCUT2D eigenvalue weighted by Gasteiger charge is 2.44. The SMILES string of the molecule is C[C@@H]1CN(c2ccc(C#N)n3ncc(F)c23)Cc2c3c(nn21)CN(CC1CC1C(N)=O)[C@@H](C)C3. The van der Waals surface area contributed by atoms with Gasteiger partial charge in [-0.25, -0.2) is 8.91 Å². The van der Waals surface area contributed by atoms with Crippen LogP contribution in [0.5, 0.6) is 0 Å². The average Bonchev–Trinajstić information content (AvgIpc) is 3.35. The fourth-order valence-corrected chi connectivity index (χ4v) is 5.78. The quantitative estimate of drug-likeness (QED) is 0.635. The van der Waals surface area contributed by atoms with E-state index in [4.69, 9.17) is 10.8 Å². The molecule has 2 aliphatic heterocycles. The molecule has 3 aromatic heterocycles. The third-order valence-corrected chi connectivity index (χ3v) is 7.73. The van der Waals surface area contributed by atoms with E-state index in [2.05, 4.69) is 39.5 Å². The first-order valence-electron chi connectivity index (χ1n) is 11.8. The third kappa shape index (κ3) is 3.18. The summed E-state index contributed by atoms with van der Waals surface area (Å²) in [6.45, 7) is 7.31. The van der Waals surface area contributed by atoms with Gasteiger partial charge in [0.25, 0.3) is 0 Å². The minimum absolute atomic E-state index is 0.0191. The molecule has 0 saturated heterocycles. The highest BCUT2D eigenvalue weighted by atomic mass is 19.1. The number of aromatic nitrogens is 4. The summed E-state index contributed by atoms with van der Waals surface area (Å²) >= 11 is 0. The lowest BCUT2D eigenvalue weighted by atomic mass is 9.96. The van der Waals surface area contributed by atoms with E-state index in [1.165, 1.54) is 15.8 Å². The van der Waals surface area contributed by atoms with Crippen molar-refractivity contribution in [2.24, 2.45) is 17.6 Å². The van der Waals surface area contributed by atoms with Gasteiger partial charge in [-0.1, -0.05) is 0 Å². The van der Waals surface area contributed by atoms with E-state index in [0.717, 1.165) is 43.5 Å². The Labute approximate surface area is 196 Å². The summed E-state index contributed by atoms with van der Waals surface area (Å²) in [5.74, 6) is -0.240. The summed E-state index contributed by atoms with van der Waals surface area (Å²) in [6, 6.07) is 6.05. The van der Waals surface area contributed by atoms with Crippen molar-refractivity contribution in [2.75, 3.05) is 18.0 Å². The molecule has 34 heavy (non-hydrogen) atoms. The number of carbonyl (C=O) groups excluding carboxylic acids is 1. The molecule has 2 N–H and O–H groups in total. The maximum absolute atomic E-state index is 14.7. The van der Waals surface area contributed by atoms with Gasteiger partial charge in [-0.3, -0.25) is 14.4 Å². The zero-order valence-corrected chi connectivity index (χ0v) is 19.3. The Morgan fingerprint density at radius 3 is 2.85 bits per heavy atom. The second-order valence-electron chi connectivity index (χ2n) is 10.0. The zero-order chi connectivity index (χ0) is 23.7. The molecule has 0 spiro atoms. The molecule has 0 radical (unpaired) electrons. The van der Waals surface area contributed by atoms with Crippen LogP contribution in [0, 0.1) is 29.0 Å². The number of rotatable bonds is 4. The number of halogens is 1. The number of primary amides is 1. The van der Waals surface area contributed by atoms with Crippen LogP contribution in [0.1, 0.15) is 49.0 Å². The van der Waals surface area contributed by atoms with Crippen LogP contribution in [0.4, 0.5) is 10.1 Å². The summed E-state index contributed by atoms with van der Waals surface area (Å²) < 4.78 is 18.2. The molecule has 10 heteroatoms. The molecule has 4 atom stereocenters. The predicted octanol–water partition coefficient (Wildman–Crippen LogP) is 1.99. The van der Waals surface area contributed by atoms with Crippen LogP contribution >= 0.6 is 0 Å². The summed E-state index contributed by atoms with van der Waals surface area (Å²) in [6.07, 6.45) is 2.95. The summed E-state index contributed by atoms with van der Waals surface area (Å²) in [4.78, 5) is 16.1. The van der Waals surface area contributed by atoms with E-state index >= 15 is 0 Å². The molecule has 3 aliphatic rings. The van der Waals surface area contributed by atoms with Crippen LogP contribution < -0.4 is 10.6 Å². The van der Waals surface area contributed by atoms with Gasteiger partial charge in [0, 0.05) is 37.2 Å². The number of anilines is 1. The monoisotopic (exact) mass is 462 g/mol. The topological polar surface area (TPSA) is 108 Å². The lowest BCUT2D eigenvalue weighted by Gasteiger charge is -2.36. The first kappa shape index (κ1) is 21.1. The van der Waals surface area contributed by atoms with Gasteiger partial charge >= 0.3 is 0 Å². The van der Waals surface area contributed by atoms with Crippen molar-refractivity contribution in [3.63, 3.8) is 0 Å². The van der Waals surface area contributed by atoms with Gasteiger partial charge in [-0.05, 0) is 44.7 Å². The molecule has 2 unspecified atom stereocenters. The number of nitrogens with two attached hydrogens (primary N) is 1. The van der Waals surface area contributed by atoms with Crippen LogP contribution in [0.3, 0.4) is 0 Å². The minimum atomic E-state index is -0.431. The van der Waals surface area contributed by atoms with E-state index in [1.807, 2.05) is 6.07 Å². The van der Waals surface area contributed by atoms with Gasteiger partial charge in [0.2, 0.25) is 5.91 Å². The van der Waals surface area contributed by atoms with E-state index in [0.29, 0.717) is 36.3 Å². The van der Waals surface area contributed by atoms with Gasteiger partial charge in [-0.15, -0.1) is 0 Å². The van der Waals surface area contributed by atoms with Crippen LogP contribution in [0.25, 0.3) is 5.52 Å². The number of pyridine rings is 1. The zero-order valence-electron chi connectivity index (χ0n) is 19.3. The summed E-state index contributed by atoms with van der Waals surface area (Å²) in [7, 11) is 0. The maximum Gasteiger partial charge on any atom is 0.220 e. The lowest BCUT2D eigenvalue weighted by Crippen LogP contribution is -2.40. The molecule has 0 bridgehead atoms. The van der Waals surface area contributed by atoms with E-state index in [1.54, 1.807) is 6.07 Å². The Hall–Kier alpha value is -3.45. The molecule has 0 aromatic carbocycles. The number of nitriles is 1. The smallest absolute Gasteiger partial charge is 0.220 e. The maximum atomic E-state index is 14.7. The van der Waals surface area contributed by atoms with Crippen molar-refractivity contribution in [2.45, 2.75) is 51.9 Å². The van der Waals surface area contributed by atoms with Gasteiger partial charge in [0.1, 0.15) is 17.3 Å². The number of fused-ring (bicyclic) bond motifs is 4. The van der Waals surface area contributed by atoms with Crippen molar-refractivity contribution < 1.29 is 9.18 Å². The number of hydrogen-bond acceptors (Lipinski definition) is 6. The first-order valence-corrected chi connectivity index (χ1v) is 11.8. The highest BCUT2D eigenvalue weighted by molar-refractivity contribution is 5.79. The van der Waals surface area contributed by atoms with Crippen molar-refractivity contribution in [1.29, 1.82) is 5.26 Å². The predicted molar refractivity (Wildman–Crippen MR) is 122 cm³/mol. The van der Waals surface area contributed by atoms with Crippen molar-refractivity contribution in [3.8, 4) is 6.07 Å². The fourth-order valence-electron chi connectivity index (χ4n) is 5.78. The normalized spacial score (nSPS) is 26.2.